The molecule has 1 N–H and O–H groups in total. The molecule has 1 aromatic heterocycles. The highest BCUT2D eigenvalue weighted by molar-refractivity contribution is 5.99. The van der Waals surface area contributed by atoms with E-state index < -0.39 is 0 Å². The van der Waals surface area contributed by atoms with Gasteiger partial charge in [0.25, 0.3) is 5.91 Å². The number of H-pyrrole nitrogens is 1. The van der Waals surface area contributed by atoms with Crippen LogP contribution in [0, 0.1) is 11.8 Å². The number of aromatic nitrogens is 2. The molecule has 7 heteroatoms. The Morgan fingerprint density at radius 2 is 2.03 bits per heavy atom. The Labute approximate surface area is 170 Å². The van der Waals surface area contributed by atoms with E-state index in [1.807, 2.05) is 29.2 Å². The number of hydrogen-bond donors (Lipinski definition) is 1. The Bertz CT molecular complexity index is 922. The van der Waals surface area contributed by atoms with Crippen LogP contribution in [0.1, 0.15) is 36.0 Å². The summed E-state index contributed by atoms with van der Waals surface area (Å²) in [5, 5.41) is 7.14. The zero-order valence-corrected chi connectivity index (χ0v) is 16.6. The largest absolute Gasteiger partial charge is 0.497 e. The first-order valence-electron chi connectivity index (χ1n) is 10.4. The molecule has 29 heavy (non-hydrogen) atoms. The van der Waals surface area contributed by atoms with Crippen molar-refractivity contribution >= 4 is 11.8 Å². The van der Waals surface area contributed by atoms with Gasteiger partial charge in [-0.05, 0) is 55.4 Å². The maximum Gasteiger partial charge on any atom is 0.257 e. The number of methoxy groups -OCH3 is 1. The molecule has 7 nitrogen and oxygen atoms in total. The summed E-state index contributed by atoms with van der Waals surface area (Å²) in [6.07, 6.45) is 5.46. The molecule has 5 rings (SSSR count). The van der Waals surface area contributed by atoms with Crippen molar-refractivity contribution in [2.75, 3.05) is 26.7 Å². The van der Waals surface area contributed by atoms with Gasteiger partial charge in [0.2, 0.25) is 5.91 Å². The number of hydrogen-bond acceptors (Lipinski definition) is 4. The lowest BCUT2D eigenvalue weighted by Crippen LogP contribution is -2.61. The van der Waals surface area contributed by atoms with Crippen molar-refractivity contribution in [2.24, 2.45) is 11.8 Å². The summed E-state index contributed by atoms with van der Waals surface area (Å²) in [6, 6.07) is 7.92. The van der Waals surface area contributed by atoms with Crippen LogP contribution in [-0.2, 0) is 4.79 Å². The highest BCUT2D eigenvalue weighted by Gasteiger charge is 2.45. The van der Waals surface area contributed by atoms with Crippen LogP contribution in [-0.4, -0.2) is 64.6 Å². The lowest BCUT2D eigenvalue weighted by atomic mass is 9.76. The van der Waals surface area contributed by atoms with Crippen LogP contribution < -0.4 is 4.74 Å². The molecule has 3 saturated heterocycles. The SMILES string of the molecule is COc1ccc(-c2[nH]ncc2C(=O)N2C[C@H]3C[C@@H](C2)[C@@H]2CCCC(=O)N2C3)cc1. The van der Waals surface area contributed by atoms with E-state index in [4.69, 9.17) is 4.74 Å². The molecule has 1 aromatic carbocycles. The molecule has 0 unspecified atom stereocenters. The van der Waals surface area contributed by atoms with Gasteiger partial charge >= 0.3 is 0 Å². The zero-order valence-electron chi connectivity index (χ0n) is 16.6. The minimum atomic E-state index is 0.0230. The number of piperidine rings is 3. The van der Waals surface area contributed by atoms with Gasteiger partial charge in [-0.25, -0.2) is 0 Å². The standard InChI is InChI=1S/C22H26N4O3/c1-29-17-7-5-15(6-8-17)21-18(10-23-24-21)22(28)25-11-14-9-16(13-25)19-3-2-4-20(27)26(19)12-14/h5-8,10,14,16,19H,2-4,9,11-13H2,1H3,(H,23,24)/t14-,16+,19+/m1/s1. The van der Waals surface area contributed by atoms with Crippen molar-refractivity contribution in [3.63, 3.8) is 0 Å². The second kappa shape index (κ2) is 7.21. The van der Waals surface area contributed by atoms with E-state index in [0.29, 0.717) is 42.3 Å². The lowest BCUT2D eigenvalue weighted by Gasteiger charge is -2.52. The smallest absolute Gasteiger partial charge is 0.257 e. The highest BCUT2D eigenvalue weighted by atomic mass is 16.5. The quantitative estimate of drug-likeness (QED) is 0.868. The Hall–Kier alpha value is -2.83. The van der Waals surface area contributed by atoms with Gasteiger partial charge in [-0.2, -0.15) is 5.10 Å². The van der Waals surface area contributed by atoms with Gasteiger partial charge in [-0.1, -0.05) is 0 Å². The van der Waals surface area contributed by atoms with E-state index in [0.717, 1.165) is 49.4 Å². The van der Waals surface area contributed by atoms with Gasteiger partial charge < -0.3 is 14.5 Å². The molecule has 0 aliphatic carbocycles. The third kappa shape index (κ3) is 3.18. The van der Waals surface area contributed by atoms with Crippen LogP contribution in [0.4, 0.5) is 0 Å². The molecule has 0 radical (unpaired) electrons. The van der Waals surface area contributed by atoms with E-state index in [1.54, 1.807) is 13.3 Å². The first-order valence-corrected chi connectivity index (χ1v) is 10.4. The molecule has 0 saturated carbocycles. The Morgan fingerprint density at radius 3 is 2.83 bits per heavy atom. The summed E-state index contributed by atoms with van der Waals surface area (Å²) in [5.41, 5.74) is 2.25. The fraction of sp³-hybridized carbons (Fsp3) is 0.500. The van der Waals surface area contributed by atoms with E-state index in [9.17, 15) is 9.59 Å². The molecule has 2 amide bonds. The number of nitrogens with zero attached hydrogens (tertiary/aromatic N) is 3. The summed E-state index contributed by atoms with van der Waals surface area (Å²) in [6.45, 7) is 2.22. The molecule has 3 fully saturated rings. The summed E-state index contributed by atoms with van der Waals surface area (Å²) in [4.78, 5) is 29.8. The molecule has 3 aliphatic rings. The van der Waals surface area contributed by atoms with Crippen LogP contribution in [0.25, 0.3) is 11.3 Å². The van der Waals surface area contributed by atoms with Crippen molar-refractivity contribution in [3.8, 4) is 17.0 Å². The van der Waals surface area contributed by atoms with Gasteiger partial charge in [-0.3, -0.25) is 14.7 Å². The number of carbonyl (C=O) groups is 2. The molecular weight excluding hydrogens is 368 g/mol. The van der Waals surface area contributed by atoms with E-state index in [2.05, 4.69) is 15.1 Å². The van der Waals surface area contributed by atoms with Crippen LogP contribution >= 0.6 is 0 Å². The fourth-order valence-corrected chi connectivity index (χ4v) is 5.37. The summed E-state index contributed by atoms with van der Waals surface area (Å²) in [5.74, 6) is 1.85. The minimum absolute atomic E-state index is 0.0230. The van der Waals surface area contributed by atoms with Gasteiger partial charge in [0, 0.05) is 37.7 Å². The number of ether oxygens (including phenoxy) is 1. The maximum atomic E-state index is 13.4. The first-order chi connectivity index (χ1) is 14.1. The molecule has 4 heterocycles. The molecule has 152 valence electrons. The molecular formula is C22H26N4O3. The molecule has 3 atom stereocenters. The third-order valence-electron chi connectivity index (χ3n) is 6.72. The number of benzene rings is 1. The second-order valence-electron chi connectivity index (χ2n) is 8.46. The normalized spacial score (nSPS) is 26.2. The van der Waals surface area contributed by atoms with Gasteiger partial charge in [-0.15, -0.1) is 0 Å². The predicted molar refractivity (Wildman–Crippen MR) is 107 cm³/mol. The van der Waals surface area contributed by atoms with Crippen molar-refractivity contribution < 1.29 is 14.3 Å². The Morgan fingerprint density at radius 1 is 1.21 bits per heavy atom. The number of likely N-dealkylation sites (tertiary alicyclic amines) is 1. The maximum absolute atomic E-state index is 13.4. The van der Waals surface area contributed by atoms with Gasteiger partial charge in [0.1, 0.15) is 5.75 Å². The number of aromatic amines is 1. The Balaban J connectivity index is 1.37. The van der Waals surface area contributed by atoms with Gasteiger partial charge in [0.05, 0.1) is 24.6 Å². The van der Waals surface area contributed by atoms with Crippen LogP contribution in [0.3, 0.4) is 0 Å². The third-order valence-corrected chi connectivity index (χ3v) is 6.72. The average molecular weight is 394 g/mol. The molecule has 2 bridgehead atoms. The van der Waals surface area contributed by atoms with Crippen molar-refractivity contribution in [2.45, 2.75) is 31.7 Å². The van der Waals surface area contributed by atoms with E-state index >= 15 is 0 Å². The second-order valence-corrected chi connectivity index (χ2v) is 8.46. The number of fused-ring (bicyclic) bond motifs is 4. The number of carbonyl (C=O) groups excluding carboxylic acids is 2. The lowest BCUT2D eigenvalue weighted by molar-refractivity contribution is -0.144. The Kier molecular flexibility index (Phi) is 4.53. The van der Waals surface area contributed by atoms with Crippen molar-refractivity contribution in [3.05, 3.63) is 36.0 Å². The zero-order chi connectivity index (χ0) is 20.0. The molecule has 0 spiro atoms. The summed E-state index contributed by atoms with van der Waals surface area (Å²) >= 11 is 0. The van der Waals surface area contributed by atoms with E-state index in [-0.39, 0.29) is 5.91 Å². The summed E-state index contributed by atoms with van der Waals surface area (Å²) in [7, 11) is 1.63. The molecule has 3 aliphatic heterocycles. The fourth-order valence-electron chi connectivity index (χ4n) is 5.37. The molecule has 2 aromatic rings. The van der Waals surface area contributed by atoms with Crippen molar-refractivity contribution in [1.82, 2.24) is 20.0 Å². The number of amides is 2. The number of rotatable bonds is 3. The monoisotopic (exact) mass is 394 g/mol. The van der Waals surface area contributed by atoms with E-state index in [1.165, 1.54) is 0 Å². The average Bonchev–Trinajstić information content (AvgIpc) is 3.24. The number of nitrogens with one attached hydrogen (secondary N) is 1. The van der Waals surface area contributed by atoms with Crippen LogP contribution in [0.5, 0.6) is 5.75 Å². The first kappa shape index (κ1) is 18.2. The minimum Gasteiger partial charge on any atom is -0.497 e. The summed E-state index contributed by atoms with van der Waals surface area (Å²) < 4.78 is 5.22. The highest BCUT2D eigenvalue weighted by Crippen LogP contribution is 2.38. The topological polar surface area (TPSA) is 78.5 Å². The van der Waals surface area contributed by atoms with Crippen LogP contribution in [0.2, 0.25) is 0 Å². The van der Waals surface area contributed by atoms with Gasteiger partial charge in [0.15, 0.2) is 0 Å². The van der Waals surface area contributed by atoms with Crippen LogP contribution in [0.15, 0.2) is 30.5 Å². The van der Waals surface area contributed by atoms with Crippen molar-refractivity contribution in [1.29, 1.82) is 0 Å². The predicted octanol–water partition coefficient (Wildman–Crippen LogP) is 2.56.